The minimum absolute atomic E-state index is 0.0732. The molecule has 0 spiro atoms. The van der Waals surface area contributed by atoms with Crippen LogP contribution in [-0.2, 0) is 27.7 Å². The first-order valence-electron chi connectivity index (χ1n) is 11.0. The predicted molar refractivity (Wildman–Crippen MR) is 133 cm³/mol. The Morgan fingerprint density at radius 2 is 1.82 bits per heavy atom. The number of piperidine rings is 1. The van der Waals surface area contributed by atoms with E-state index < -0.39 is 10.0 Å². The van der Waals surface area contributed by atoms with Gasteiger partial charge in [-0.15, -0.1) is 23.1 Å². The average molecular weight is 500 g/mol. The molecule has 0 atom stereocenters. The second kappa shape index (κ2) is 9.21. The summed E-state index contributed by atoms with van der Waals surface area (Å²) in [5.41, 5.74) is 3.43. The summed E-state index contributed by atoms with van der Waals surface area (Å²) in [4.78, 5) is 19.9. The average Bonchev–Trinajstić information content (AvgIpc) is 3.27. The van der Waals surface area contributed by atoms with Gasteiger partial charge < -0.3 is 5.32 Å². The maximum Gasteiger partial charge on any atom is 0.244 e. The zero-order chi connectivity index (χ0) is 23.0. The summed E-state index contributed by atoms with van der Waals surface area (Å²) in [5, 5.41) is 3.63. The number of hydrogen-bond acceptors (Lipinski definition) is 6. The lowest BCUT2D eigenvalue weighted by atomic mass is 9.94. The van der Waals surface area contributed by atoms with Gasteiger partial charge in [0.25, 0.3) is 0 Å². The summed E-state index contributed by atoms with van der Waals surface area (Å²) >= 11 is 2.97. The van der Waals surface area contributed by atoms with Crippen LogP contribution in [-0.4, -0.2) is 43.0 Å². The van der Waals surface area contributed by atoms with Crippen LogP contribution < -0.4 is 5.32 Å². The van der Waals surface area contributed by atoms with Crippen LogP contribution in [0.4, 0.5) is 5.13 Å². The Labute approximate surface area is 202 Å². The molecule has 5 rings (SSSR count). The molecule has 0 saturated carbocycles. The highest BCUT2D eigenvalue weighted by molar-refractivity contribution is 7.99. The molecule has 1 aromatic heterocycles. The third-order valence-corrected chi connectivity index (χ3v) is 10.2. The van der Waals surface area contributed by atoms with Gasteiger partial charge in [-0.25, -0.2) is 13.4 Å². The topological polar surface area (TPSA) is 79.4 Å². The van der Waals surface area contributed by atoms with Gasteiger partial charge in [0.1, 0.15) is 0 Å². The van der Waals surface area contributed by atoms with E-state index in [1.165, 1.54) is 26.5 Å². The molecule has 2 aromatic carbocycles. The minimum Gasteiger partial charge on any atom is -0.302 e. The first kappa shape index (κ1) is 22.6. The van der Waals surface area contributed by atoms with E-state index in [9.17, 15) is 13.2 Å². The SMILES string of the molecule is CSc1ccccc1S(=O)(=O)N1CCC(C(=O)Nc2nc3c(s2)CCc2ccccc2-3)CC1. The molecule has 0 unspecified atom stereocenters. The van der Waals surface area contributed by atoms with Gasteiger partial charge in [-0.05, 0) is 49.6 Å². The van der Waals surface area contributed by atoms with Crippen molar-refractivity contribution in [3.63, 3.8) is 0 Å². The molecule has 172 valence electrons. The van der Waals surface area contributed by atoms with Crippen molar-refractivity contribution in [1.82, 2.24) is 9.29 Å². The van der Waals surface area contributed by atoms with Gasteiger partial charge in [-0.2, -0.15) is 4.31 Å². The summed E-state index contributed by atoms with van der Waals surface area (Å²) in [6.07, 6.45) is 4.81. The number of carbonyl (C=O) groups excluding carboxylic acids is 1. The zero-order valence-electron chi connectivity index (χ0n) is 18.3. The highest BCUT2D eigenvalue weighted by Crippen LogP contribution is 2.38. The van der Waals surface area contributed by atoms with Gasteiger partial charge in [0.05, 0.1) is 10.6 Å². The first-order chi connectivity index (χ1) is 16.0. The number of aryl methyl sites for hydroxylation is 2. The predicted octanol–water partition coefficient (Wildman–Crippen LogP) is 4.67. The van der Waals surface area contributed by atoms with E-state index in [0.717, 1.165) is 29.0 Å². The number of thioether (sulfide) groups is 1. The molecule has 33 heavy (non-hydrogen) atoms. The molecule has 6 nitrogen and oxygen atoms in total. The maximum atomic E-state index is 13.2. The Morgan fingerprint density at radius 1 is 1.09 bits per heavy atom. The second-order valence-corrected chi connectivity index (χ2v) is 12.1. The second-order valence-electron chi connectivity index (χ2n) is 8.27. The lowest BCUT2D eigenvalue weighted by Gasteiger charge is -2.30. The van der Waals surface area contributed by atoms with Crippen LogP contribution >= 0.6 is 23.1 Å². The number of anilines is 1. The normalized spacial score (nSPS) is 16.8. The summed E-state index contributed by atoms with van der Waals surface area (Å²) in [7, 11) is -3.57. The summed E-state index contributed by atoms with van der Waals surface area (Å²) < 4.78 is 27.8. The number of nitrogens with zero attached hydrogens (tertiary/aromatic N) is 2. The van der Waals surface area contributed by atoms with Crippen molar-refractivity contribution in [1.29, 1.82) is 0 Å². The number of hydrogen-bond donors (Lipinski definition) is 1. The number of fused-ring (bicyclic) bond motifs is 3. The highest BCUT2D eigenvalue weighted by atomic mass is 32.2. The number of thiazole rings is 1. The molecule has 2 aliphatic rings. The quantitative estimate of drug-likeness (QED) is 0.516. The van der Waals surface area contributed by atoms with Crippen molar-refractivity contribution in [2.45, 2.75) is 35.5 Å². The van der Waals surface area contributed by atoms with Crippen LogP contribution in [0.25, 0.3) is 11.3 Å². The lowest BCUT2D eigenvalue weighted by molar-refractivity contribution is -0.120. The third kappa shape index (κ3) is 4.35. The van der Waals surface area contributed by atoms with Crippen LogP contribution in [0.3, 0.4) is 0 Å². The van der Waals surface area contributed by atoms with E-state index in [-0.39, 0.29) is 11.8 Å². The van der Waals surface area contributed by atoms with E-state index in [1.807, 2.05) is 30.5 Å². The maximum absolute atomic E-state index is 13.2. The van der Waals surface area contributed by atoms with Gasteiger partial charge in [0.2, 0.25) is 15.9 Å². The molecule has 0 radical (unpaired) electrons. The minimum atomic E-state index is -3.57. The Bertz CT molecular complexity index is 1300. The van der Waals surface area contributed by atoms with Crippen LogP contribution in [0.15, 0.2) is 58.3 Å². The highest BCUT2D eigenvalue weighted by Gasteiger charge is 2.33. The van der Waals surface area contributed by atoms with Crippen LogP contribution in [0, 0.1) is 5.92 Å². The molecule has 3 aromatic rings. The third-order valence-electron chi connectivity index (χ3n) is 6.33. The molecule has 9 heteroatoms. The van der Waals surface area contributed by atoms with Crippen molar-refractivity contribution >= 4 is 44.2 Å². The smallest absolute Gasteiger partial charge is 0.244 e. The Kier molecular flexibility index (Phi) is 6.30. The van der Waals surface area contributed by atoms with Gasteiger partial charge >= 0.3 is 0 Å². The van der Waals surface area contributed by atoms with E-state index in [4.69, 9.17) is 4.98 Å². The Hall–Kier alpha value is -2.20. The number of nitrogens with one attached hydrogen (secondary N) is 1. The molecule has 2 heterocycles. The summed E-state index contributed by atoms with van der Waals surface area (Å²) in [6, 6.07) is 15.4. The molecule has 1 fully saturated rings. The molecule has 1 N–H and O–H groups in total. The number of aromatic nitrogens is 1. The van der Waals surface area contributed by atoms with Gasteiger partial charge in [-0.3, -0.25) is 4.79 Å². The molecule has 0 bridgehead atoms. The Morgan fingerprint density at radius 3 is 2.61 bits per heavy atom. The van der Waals surface area contributed by atoms with Crippen molar-refractivity contribution in [3.8, 4) is 11.3 Å². The van der Waals surface area contributed by atoms with Crippen molar-refractivity contribution in [2.75, 3.05) is 24.7 Å². The standard InChI is InChI=1S/C24H25N3O3S3/c1-31-19-8-4-5-9-21(19)33(29,30)27-14-12-17(13-15-27)23(28)26-24-25-22-18-7-3-2-6-16(18)10-11-20(22)32-24/h2-9,17H,10-15H2,1H3,(H,25,26,28). The molecular weight excluding hydrogens is 474 g/mol. The first-order valence-corrected chi connectivity index (χ1v) is 14.5. The van der Waals surface area contributed by atoms with E-state index >= 15 is 0 Å². The van der Waals surface area contributed by atoms with E-state index in [2.05, 4.69) is 17.4 Å². The van der Waals surface area contributed by atoms with E-state index in [1.54, 1.807) is 23.5 Å². The molecule has 1 aliphatic carbocycles. The van der Waals surface area contributed by atoms with Gasteiger partial charge in [-0.1, -0.05) is 36.4 Å². The molecular formula is C24H25N3O3S3. The van der Waals surface area contributed by atoms with Gasteiger partial charge in [0, 0.05) is 34.3 Å². The van der Waals surface area contributed by atoms with Crippen LogP contribution in [0.5, 0.6) is 0 Å². The van der Waals surface area contributed by atoms with Crippen molar-refractivity contribution in [2.24, 2.45) is 5.92 Å². The Balaban J connectivity index is 1.25. The summed E-state index contributed by atoms with van der Waals surface area (Å²) in [5.74, 6) is -0.295. The zero-order valence-corrected chi connectivity index (χ0v) is 20.7. The van der Waals surface area contributed by atoms with Crippen molar-refractivity contribution in [3.05, 3.63) is 59.0 Å². The lowest BCUT2D eigenvalue weighted by Crippen LogP contribution is -2.41. The monoisotopic (exact) mass is 499 g/mol. The summed E-state index contributed by atoms with van der Waals surface area (Å²) in [6.45, 7) is 0.676. The van der Waals surface area contributed by atoms with Crippen LogP contribution in [0.1, 0.15) is 23.3 Å². The molecule has 1 aliphatic heterocycles. The fraction of sp³-hybridized carbons (Fsp3) is 0.333. The van der Waals surface area contributed by atoms with E-state index in [0.29, 0.717) is 36.0 Å². The van der Waals surface area contributed by atoms with Gasteiger partial charge in [0.15, 0.2) is 5.13 Å². The number of benzene rings is 2. The molecule has 1 amide bonds. The largest absolute Gasteiger partial charge is 0.302 e. The fourth-order valence-corrected chi connectivity index (χ4v) is 8.11. The number of amides is 1. The number of rotatable bonds is 5. The van der Waals surface area contributed by atoms with Crippen molar-refractivity contribution < 1.29 is 13.2 Å². The number of carbonyl (C=O) groups is 1. The molecule has 1 saturated heterocycles. The number of sulfonamides is 1. The fourth-order valence-electron chi connectivity index (χ4n) is 4.54. The van der Waals surface area contributed by atoms with Crippen LogP contribution in [0.2, 0.25) is 0 Å².